The molecular weight excluding hydrogens is 438 g/mol. The lowest BCUT2D eigenvalue weighted by atomic mass is 9.99. The fraction of sp³-hybridized carbons (Fsp3) is 0.375. The highest BCUT2D eigenvalue weighted by molar-refractivity contribution is 8.00. The molecule has 2 amide bonds. The SMILES string of the molecule is Nc1nc(/C(=N/O)C(=O)N[C@@H]2C(=O)N3C(C(=O)O)=C(C4CCC(=O)O4)CS[C@H]23)cs1. The summed E-state index contributed by atoms with van der Waals surface area (Å²) in [5.74, 6) is -2.98. The van der Waals surface area contributed by atoms with E-state index in [1.54, 1.807) is 0 Å². The number of amides is 2. The number of carboxylic acid groups (broad SMARTS) is 1. The van der Waals surface area contributed by atoms with E-state index in [1.165, 1.54) is 17.1 Å². The molecule has 4 rings (SSSR count). The van der Waals surface area contributed by atoms with Crippen LogP contribution in [0, 0.1) is 0 Å². The van der Waals surface area contributed by atoms with E-state index in [-0.39, 0.29) is 28.7 Å². The minimum Gasteiger partial charge on any atom is -0.477 e. The monoisotopic (exact) mass is 453 g/mol. The van der Waals surface area contributed by atoms with E-state index >= 15 is 0 Å². The molecule has 0 bridgehead atoms. The van der Waals surface area contributed by atoms with Gasteiger partial charge in [-0.3, -0.25) is 19.3 Å². The number of aliphatic carboxylic acids is 1. The molecule has 5 N–H and O–H groups in total. The number of hydrogen-bond acceptors (Lipinski definition) is 11. The van der Waals surface area contributed by atoms with Crippen molar-refractivity contribution in [1.29, 1.82) is 0 Å². The molecule has 1 unspecified atom stereocenters. The standard InChI is InChI=1S/C16H15N5O7S2/c17-16-18-6(4-30-16)9(20-27)12(23)19-10-13(24)21-11(15(25)26)5(3-29-14(10)21)7-1-2-8(22)28-7/h4,7,10,14,27H,1-3H2,(H2,17,18)(H,19,23)(H,25,26)/b20-9-/t7?,10-,14-/m1/s1. The second-order valence-corrected chi connectivity index (χ2v) is 8.57. The van der Waals surface area contributed by atoms with Crippen LogP contribution in [0.2, 0.25) is 0 Å². The number of nitrogens with two attached hydrogens (primary N) is 1. The van der Waals surface area contributed by atoms with E-state index in [0.29, 0.717) is 12.0 Å². The molecule has 1 aromatic rings. The van der Waals surface area contributed by atoms with Crippen molar-refractivity contribution in [2.24, 2.45) is 5.16 Å². The molecule has 4 heterocycles. The van der Waals surface area contributed by atoms with Gasteiger partial charge in [0.05, 0.1) is 0 Å². The second-order valence-electron chi connectivity index (χ2n) is 6.58. The number of thioether (sulfide) groups is 1. The predicted molar refractivity (Wildman–Crippen MR) is 104 cm³/mol. The predicted octanol–water partition coefficient (Wildman–Crippen LogP) is -0.652. The van der Waals surface area contributed by atoms with E-state index in [9.17, 15) is 29.5 Å². The summed E-state index contributed by atoms with van der Waals surface area (Å²) in [6.07, 6.45) is -0.140. The van der Waals surface area contributed by atoms with Gasteiger partial charge in [-0.05, 0) is 6.42 Å². The Hall–Kier alpha value is -3.13. The number of nitrogen functional groups attached to an aromatic ring is 1. The normalized spacial score (nSPS) is 26.2. The molecule has 3 aliphatic heterocycles. The van der Waals surface area contributed by atoms with Crippen molar-refractivity contribution in [3.8, 4) is 0 Å². The zero-order chi connectivity index (χ0) is 21.6. The van der Waals surface area contributed by atoms with E-state index in [1.807, 2.05) is 0 Å². The van der Waals surface area contributed by atoms with E-state index in [4.69, 9.17) is 10.5 Å². The molecule has 1 aromatic heterocycles. The Balaban J connectivity index is 1.53. The molecule has 2 saturated heterocycles. The third kappa shape index (κ3) is 3.27. The summed E-state index contributed by atoms with van der Waals surface area (Å²) in [5, 5.41) is 25.2. The van der Waals surface area contributed by atoms with E-state index < -0.39 is 47.0 Å². The Morgan fingerprint density at radius 1 is 1.40 bits per heavy atom. The van der Waals surface area contributed by atoms with Crippen molar-refractivity contribution >= 4 is 57.7 Å². The van der Waals surface area contributed by atoms with Crippen LogP contribution >= 0.6 is 23.1 Å². The number of hydrogen-bond donors (Lipinski definition) is 4. The number of oxime groups is 1. The first kappa shape index (κ1) is 20.2. The van der Waals surface area contributed by atoms with Gasteiger partial charge in [0.15, 0.2) is 10.8 Å². The highest BCUT2D eigenvalue weighted by atomic mass is 32.2. The van der Waals surface area contributed by atoms with Crippen LogP contribution < -0.4 is 11.1 Å². The van der Waals surface area contributed by atoms with Crippen molar-refractivity contribution in [2.45, 2.75) is 30.4 Å². The molecule has 14 heteroatoms. The van der Waals surface area contributed by atoms with Crippen molar-refractivity contribution in [2.75, 3.05) is 11.5 Å². The zero-order valence-electron chi connectivity index (χ0n) is 15.1. The van der Waals surface area contributed by atoms with Gasteiger partial charge >= 0.3 is 11.9 Å². The Kier molecular flexibility index (Phi) is 5.11. The fourth-order valence-corrected chi connectivity index (χ4v) is 5.44. The summed E-state index contributed by atoms with van der Waals surface area (Å²) in [6.45, 7) is 0. The fourth-order valence-electron chi connectivity index (χ4n) is 3.48. The van der Waals surface area contributed by atoms with Gasteiger partial charge in [0.25, 0.3) is 11.8 Å². The molecule has 0 radical (unpaired) electrons. The van der Waals surface area contributed by atoms with Crippen LogP contribution in [0.5, 0.6) is 0 Å². The Bertz CT molecular complexity index is 1020. The number of cyclic esters (lactones) is 1. The molecule has 30 heavy (non-hydrogen) atoms. The first-order chi connectivity index (χ1) is 14.3. The number of fused-ring (bicyclic) bond motifs is 1. The lowest BCUT2D eigenvalue weighted by Gasteiger charge is -2.49. The average Bonchev–Trinajstić information content (AvgIpc) is 3.33. The molecule has 0 spiro atoms. The third-order valence-electron chi connectivity index (χ3n) is 4.84. The Morgan fingerprint density at radius 3 is 2.73 bits per heavy atom. The molecule has 0 aliphatic carbocycles. The van der Waals surface area contributed by atoms with Gasteiger partial charge in [0, 0.05) is 23.1 Å². The number of anilines is 1. The van der Waals surface area contributed by atoms with Crippen molar-refractivity contribution in [3.63, 3.8) is 0 Å². The van der Waals surface area contributed by atoms with Gasteiger partial charge in [-0.2, -0.15) is 0 Å². The number of aromatic nitrogens is 1. The molecule has 3 aliphatic rings. The third-order valence-corrected chi connectivity index (χ3v) is 6.82. The summed E-state index contributed by atoms with van der Waals surface area (Å²) < 4.78 is 5.17. The van der Waals surface area contributed by atoms with Crippen LogP contribution in [-0.4, -0.2) is 72.9 Å². The van der Waals surface area contributed by atoms with Gasteiger partial charge in [-0.15, -0.1) is 23.1 Å². The maximum atomic E-state index is 12.7. The number of β-lactam (4-membered cyclic amide) rings is 1. The number of rotatable bonds is 5. The smallest absolute Gasteiger partial charge is 0.352 e. The molecule has 158 valence electrons. The molecule has 2 fully saturated rings. The van der Waals surface area contributed by atoms with E-state index in [0.717, 1.165) is 16.2 Å². The highest BCUT2D eigenvalue weighted by Crippen LogP contribution is 2.42. The number of nitrogens with zero attached hydrogens (tertiary/aromatic N) is 3. The summed E-state index contributed by atoms with van der Waals surface area (Å²) in [7, 11) is 0. The summed E-state index contributed by atoms with van der Waals surface area (Å²) in [6, 6.07) is -1.02. The van der Waals surface area contributed by atoms with Crippen LogP contribution in [0.1, 0.15) is 18.5 Å². The summed E-state index contributed by atoms with van der Waals surface area (Å²) >= 11 is 2.29. The average molecular weight is 453 g/mol. The number of ether oxygens (including phenoxy) is 1. The number of carbonyl (C=O) groups excluding carboxylic acids is 3. The van der Waals surface area contributed by atoms with Crippen molar-refractivity contribution in [1.82, 2.24) is 15.2 Å². The van der Waals surface area contributed by atoms with E-state index in [2.05, 4.69) is 15.5 Å². The first-order valence-electron chi connectivity index (χ1n) is 8.66. The minimum absolute atomic E-state index is 0.0499. The molecular formula is C16H15N5O7S2. The minimum atomic E-state index is -1.31. The molecule has 12 nitrogen and oxygen atoms in total. The topological polar surface area (TPSA) is 185 Å². The van der Waals surface area contributed by atoms with Crippen molar-refractivity contribution < 1.29 is 34.2 Å². The summed E-state index contributed by atoms with van der Waals surface area (Å²) in [5.41, 5.74) is 5.29. The van der Waals surface area contributed by atoms with Gasteiger partial charge in [-0.1, -0.05) is 5.16 Å². The van der Waals surface area contributed by atoms with Gasteiger partial charge < -0.3 is 26.1 Å². The second kappa shape index (κ2) is 7.60. The van der Waals surface area contributed by atoms with Crippen LogP contribution in [-0.2, 0) is 23.9 Å². The van der Waals surface area contributed by atoms with Gasteiger partial charge in [0.2, 0.25) is 0 Å². The van der Waals surface area contributed by atoms with Gasteiger partial charge in [0.1, 0.15) is 28.9 Å². The largest absolute Gasteiger partial charge is 0.477 e. The Labute approximate surface area is 176 Å². The Morgan fingerprint density at radius 2 is 2.17 bits per heavy atom. The molecule has 0 saturated carbocycles. The maximum absolute atomic E-state index is 12.7. The number of esters is 1. The first-order valence-corrected chi connectivity index (χ1v) is 10.6. The lowest BCUT2D eigenvalue weighted by Crippen LogP contribution is -2.71. The maximum Gasteiger partial charge on any atom is 0.352 e. The number of thiazole rings is 1. The number of nitrogens with one attached hydrogen (secondary N) is 1. The van der Waals surface area contributed by atoms with Crippen LogP contribution in [0.3, 0.4) is 0 Å². The van der Waals surface area contributed by atoms with Crippen LogP contribution in [0.4, 0.5) is 5.13 Å². The number of carboxylic acids is 1. The number of carbonyl (C=O) groups is 4. The van der Waals surface area contributed by atoms with Gasteiger partial charge in [-0.25, -0.2) is 9.78 Å². The molecule has 0 aromatic carbocycles. The lowest BCUT2D eigenvalue weighted by molar-refractivity contribution is -0.150. The highest BCUT2D eigenvalue weighted by Gasteiger charge is 2.55. The quantitative estimate of drug-likeness (QED) is 0.147. The van der Waals surface area contributed by atoms with Crippen LogP contribution in [0.25, 0.3) is 0 Å². The molecule has 3 atom stereocenters. The zero-order valence-corrected chi connectivity index (χ0v) is 16.7. The van der Waals surface area contributed by atoms with Crippen molar-refractivity contribution in [3.05, 3.63) is 22.3 Å². The van der Waals surface area contributed by atoms with Crippen LogP contribution in [0.15, 0.2) is 21.8 Å². The summed E-state index contributed by atoms with van der Waals surface area (Å²) in [4.78, 5) is 53.4.